The van der Waals surface area contributed by atoms with Gasteiger partial charge < -0.3 is 10.2 Å². The topological polar surface area (TPSA) is 35.6 Å². The summed E-state index contributed by atoms with van der Waals surface area (Å²) in [6, 6.07) is 6.54. The second kappa shape index (κ2) is 8.28. The van der Waals surface area contributed by atoms with E-state index in [-0.39, 0.29) is 30.6 Å². The Morgan fingerprint density at radius 3 is 2.58 bits per heavy atom. The van der Waals surface area contributed by atoms with Crippen LogP contribution < -0.4 is 5.32 Å². The molecule has 0 bridgehead atoms. The SMILES string of the molecule is CC1(CN2CCN(C(=O)Cc3ccccc3F)CC2)CCNC1.Cl. The van der Waals surface area contributed by atoms with E-state index in [1.54, 1.807) is 18.2 Å². The van der Waals surface area contributed by atoms with Crippen molar-refractivity contribution >= 4 is 18.3 Å². The average Bonchev–Trinajstić information content (AvgIpc) is 2.96. The van der Waals surface area contributed by atoms with E-state index in [1.807, 2.05) is 4.90 Å². The molecule has 24 heavy (non-hydrogen) atoms. The van der Waals surface area contributed by atoms with Crippen molar-refractivity contribution in [3.63, 3.8) is 0 Å². The van der Waals surface area contributed by atoms with Crippen LogP contribution in [0.4, 0.5) is 4.39 Å². The molecule has 1 unspecified atom stereocenters. The van der Waals surface area contributed by atoms with Gasteiger partial charge in [0.1, 0.15) is 5.82 Å². The van der Waals surface area contributed by atoms with Gasteiger partial charge in [0.2, 0.25) is 5.91 Å². The summed E-state index contributed by atoms with van der Waals surface area (Å²) >= 11 is 0. The molecule has 2 fully saturated rings. The van der Waals surface area contributed by atoms with E-state index in [0.29, 0.717) is 11.0 Å². The number of rotatable bonds is 4. The fourth-order valence-corrected chi connectivity index (χ4v) is 3.62. The third-order valence-electron chi connectivity index (χ3n) is 5.09. The maximum atomic E-state index is 13.7. The Morgan fingerprint density at radius 2 is 1.96 bits per heavy atom. The van der Waals surface area contributed by atoms with E-state index in [0.717, 1.165) is 45.8 Å². The summed E-state index contributed by atoms with van der Waals surface area (Å²) in [4.78, 5) is 16.7. The highest BCUT2D eigenvalue weighted by molar-refractivity contribution is 5.85. The zero-order valence-corrected chi connectivity index (χ0v) is 15.1. The van der Waals surface area contributed by atoms with Gasteiger partial charge in [-0.05, 0) is 30.0 Å². The lowest BCUT2D eigenvalue weighted by atomic mass is 9.89. The minimum absolute atomic E-state index is 0. The number of hydrogen-bond acceptors (Lipinski definition) is 3. The number of halogens is 2. The maximum absolute atomic E-state index is 13.7. The van der Waals surface area contributed by atoms with Gasteiger partial charge in [0.15, 0.2) is 0 Å². The highest BCUT2D eigenvalue weighted by Gasteiger charge is 2.32. The Kier molecular flexibility index (Phi) is 6.61. The van der Waals surface area contributed by atoms with Gasteiger partial charge in [-0.15, -0.1) is 12.4 Å². The Hall–Kier alpha value is -1.17. The molecular weight excluding hydrogens is 329 g/mol. The van der Waals surface area contributed by atoms with E-state index in [2.05, 4.69) is 17.1 Å². The van der Waals surface area contributed by atoms with E-state index < -0.39 is 0 Å². The molecule has 1 N–H and O–H groups in total. The summed E-state index contributed by atoms with van der Waals surface area (Å²) in [6.07, 6.45) is 1.38. The number of carbonyl (C=O) groups is 1. The summed E-state index contributed by atoms with van der Waals surface area (Å²) in [5.74, 6) is -0.260. The number of hydrogen-bond donors (Lipinski definition) is 1. The Morgan fingerprint density at radius 1 is 1.25 bits per heavy atom. The van der Waals surface area contributed by atoms with Crippen LogP contribution in [0.1, 0.15) is 18.9 Å². The minimum atomic E-state index is -0.291. The summed E-state index contributed by atoms with van der Waals surface area (Å²) in [5.41, 5.74) is 0.851. The van der Waals surface area contributed by atoms with Gasteiger partial charge >= 0.3 is 0 Å². The zero-order chi connectivity index (χ0) is 16.3. The average molecular weight is 356 g/mol. The van der Waals surface area contributed by atoms with Gasteiger partial charge in [0.05, 0.1) is 6.42 Å². The van der Waals surface area contributed by atoms with Crippen molar-refractivity contribution in [1.82, 2.24) is 15.1 Å². The van der Waals surface area contributed by atoms with Gasteiger partial charge in [-0.2, -0.15) is 0 Å². The highest BCUT2D eigenvalue weighted by Crippen LogP contribution is 2.26. The monoisotopic (exact) mass is 355 g/mol. The van der Waals surface area contributed by atoms with Crippen LogP contribution in [0.15, 0.2) is 24.3 Å². The minimum Gasteiger partial charge on any atom is -0.340 e. The first-order chi connectivity index (χ1) is 11.1. The van der Waals surface area contributed by atoms with Crippen LogP contribution in [0.2, 0.25) is 0 Å². The van der Waals surface area contributed by atoms with Crippen molar-refractivity contribution < 1.29 is 9.18 Å². The van der Waals surface area contributed by atoms with Gasteiger partial charge in [0.25, 0.3) is 0 Å². The molecule has 2 aliphatic rings. The van der Waals surface area contributed by atoms with Gasteiger partial charge in [-0.3, -0.25) is 9.69 Å². The van der Waals surface area contributed by atoms with Gasteiger partial charge in [0, 0.05) is 39.3 Å². The van der Waals surface area contributed by atoms with Gasteiger partial charge in [-0.25, -0.2) is 4.39 Å². The molecule has 4 nitrogen and oxygen atoms in total. The van der Waals surface area contributed by atoms with Crippen LogP contribution in [-0.2, 0) is 11.2 Å². The Labute approximate surface area is 149 Å². The molecule has 2 aliphatic heterocycles. The van der Waals surface area contributed by atoms with Crippen molar-refractivity contribution in [2.24, 2.45) is 5.41 Å². The van der Waals surface area contributed by atoms with Crippen molar-refractivity contribution in [1.29, 1.82) is 0 Å². The predicted octanol–water partition coefficient (Wildman–Crippen LogP) is 1.93. The van der Waals surface area contributed by atoms with Crippen LogP contribution in [0.3, 0.4) is 0 Å². The molecule has 2 saturated heterocycles. The van der Waals surface area contributed by atoms with Crippen LogP contribution in [0, 0.1) is 11.2 Å². The van der Waals surface area contributed by atoms with E-state index >= 15 is 0 Å². The number of nitrogens with one attached hydrogen (secondary N) is 1. The third kappa shape index (κ3) is 4.68. The molecule has 1 amide bonds. The molecule has 0 aliphatic carbocycles. The molecule has 2 heterocycles. The first kappa shape index (κ1) is 19.2. The Bertz CT molecular complexity index is 555. The molecule has 134 valence electrons. The van der Waals surface area contributed by atoms with Crippen LogP contribution >= 0.6 is 12.4 Å². The summed E-state index contributed by atoms with van der Waals surface area (Å²) in [6.45, 7) is 8.94. The van der Waals surface area contributed by atoms with E-state index in [9.17, 15) is 9.18 Å². The number of carbonyl (C=O) groups excluding carboxylic acids is 1. The lowest BCUT2D eigenvalue weighted by Crippen LogP contribution is -2.51. The number of benzene rings is 1. The van der Waals surface area contributed by atoms with Crippen LogP contribution in [-0.4, -0.2) is 61.5 Å². The lowest BCUT2D eigenvalue weighted by molar-refractivity contribution is -0.132. The van der Waals surface area contributed by atoms with E-state index in [1.165, 1.54) is 12.5 Å². The zero-order valence-electron chi connectivity index (χ0n) is 14.3. The quantitative estimate of drug-likeness (QED) is 0.896. The molecule has 0 aromatic heterocycles. The highest BCUT2D eigenvalue weighted by atomic mass is 35.5. The maximum Gasteiger partial charge on any atom is 0.227 e. The standard InChI is InChI=1S/C18H26FN3O.ClH/c1-18(6-7-20-13-18)14-21-8-10-22(11-9-21)17(23)12-15-4-2-3-5-16(15)19;/h2-5,20H,6-14H2,1H3;1H. The molecule has 1 atom stereocenters. The van der Waals surface area contributed by atoms with Crippen molar-refractivity contribution in [3.8, 4) is 0 Å². The van der Waals surface area contributed by atoms with Crippen LogP contribution in [0.5, 0.6) is 0 Å². The van der Waals surface area contributed by atoms with Gasteiger partial charge in [-0.1, -0.05) is 25.1 Å². The summed E-state index contributed by atoms with van der Waals surface area (Å²) < 4.78 is 13.7. The normalized spacial score (nSPS) is 24.7. The molecule has 0 saturated carbocycles. The second-order valence-corrected chi connectivity index (χ2v) is 7.16. The predicted molar refractivity (Wildman–Crippen MR) is 96.0 cm³/mol. The number of piperazine rings is 1. The van der Waals surface area contributed by atoms with E-state index in [4.69, 9.17) is 0 Å². The molecule has 0 spiro atoms. The molecule has 0 radical (unpaired) electrons. The van der Waals surface area contributed by atoms with Crippen molar-refractivity contribution in [2.75, 3.05) is 45.8 Å². The molecule has 6 heteroatoms. The fraction of sp³-hybridized carbons (Fsp3) is 0.611. The number of nitrogens with zero attached hydrogens (tertiary/aromatic N) is 2. The first-order valence-corrected chi connectivity index (χ1v) is 8.50. The molecule has 1 aromatic carbocycles. The largest absolute Gasteiger partial charge is 0.340 e. The second-order valence-electron chi connectivity index (χ2n) is 7.16. The Balaban J connectivity index is 0.00000208. The fourth-order valence-electron chi connectivity index (χ4n) is 3.62. The molecule has 1 aromatic rings. The van der Waals surface area contributed by atoms with Crippen molar-refractivity contribution in [2.45, 2.75) is 19.8 Å². The lowest BCUT2D eigenvalue weighted by Gasteiger charge is -2.38. The summed E-state index contributed by atoms with van der Waals surface area (Å²) in [5, 5.41) is 3.44. The third-order valence-corrected chi connectivity index (χ3v) is 5.09. The first-order valence-electron chi connectivity index (χ1n) is 8.50. The van der Waals surface area contributed by atoms with Crippen molar-refractivity contribution in [3.05, 3.63) is 35.6 Å². The number of amides is 1. The summed E-state index contributed by atoms with van der Waals surface area (Å²) in [7, 11) is 0. The smallest absolute Gasteiger partial charge is 0.227 e. The van der Waals surface area contributed by atoms with Crippen LogP contribution in [0.25, 0.3) is 0 Å². The molecule has 3 rings (SSSR count). The molecular formula is C18H27ClFN3O.